The summed E-state index contributed by atoms with van der Waals surface area (Å²) >= 11 is 0. The van der Waals surface area contributed by atoms with Gasteiger partial charge in [0, 0.05) is 22.5 Å². The van der Waals surface area contributed by atoms with E-state index in [1.165, 1.54) is 72.4 Å². The minimum absolute atomic E-state index is 0. The van der Waals surface area contributed by atoms with Crippen molar-refractivity contribution in [3.05, 3.63) is 197 Å². The van der Waals surface area contributed by atoms with Gasteiger partial charge in [-0.3, -0.25) is 0 Å². The van der Waals surface area contributed by atoms with Crippen LogP contribution < -0.4 is 4.90 Å². The molecule has 0 amide bonds. The predicted molar refractivity (Wildman–Crippen MR) is 202 cm³/mol. The smallest absolute Gasteiger partial charge is 0.0726 e. The van der Waals surface area contributed by atoms with E-state index in [0.717, 1.165) is 11.4 Å². The summed E-state index contributed by atoms with van der Waals surface area (Å²) in [6, 6.07) is 61.1. The number of hydrogen-bond donors (Lipinski definition) is 0. The largest absolute Gasteiger partial charge is 0.310 e. The Bertz CT molecular complexity index is 2330. The van der Waals surface area contributed by atoms with Crippen molar-refractivity contribution in [1.29, 1.82) is 0 Å². The van der Waals surface area contributed by atoms with Crippen LogP contribution in [-0.2, 0) is 10.8 Å². The quantitative estimate of drug-likeness (QED) is 0.191. The Morgan fingerprint density at radius 3 is 1.23 bits per heavy atom. The van der Waals surface area contributed by atoms with Crippen molar-refractivity contribution in [2.24, 2.45) is 0 Å². The zero-order valence-electron chi connectivity index (χ0n) is 26.5. The molecular weight excluding hydrogens is 579 g/mol. The fourth-order valence-corrected chi connectivity index (χ4v) is 9.08. The van der Waals surface area contributed by atoms with Crippen LogP contribution in [-0.4, -0.2) is 0 Å². The van der Waals surface area contributed by atoms with Gasteiger partial charge in [-0.2, -0.15) is 0 Å². The second kappa shape index (κ2) is 10.2. The van der Waals surface area contributed by atoms with Crippen molar-refractivity contribution in [3.63, 3.8) is 0 Å². The number of fused-ring (bicyclic) bond motifs is 13. The first-order valence-corrected chi connectivity index (χ1v) is 16.6. The van der Waals surface area contributed by atoms with Gasteiger partial charge in [-0.1, -0.05) is 149 Å². The fraction of sp³-hybridized carbons (Fsp3) is 0.106. The standard InChI is InChI=1S/C46H33N.CH4/c1-45(2)39-20-10-6-16-33(39)37-26-24-31(28-43(37)45)47(30-14-4-3-5-15-30)32-25-27-38-36-19-9-13-23-42(36)46(44(38)29-32)40-21-11-7-17-34(40)35-18-8-12-22-41(35)46;/h3-29H,1-2H3;1H4. The maximum atomic E-state index is 2.48. The van der Waals surface area contributed by atoms with Crippen LogP contribution in [0.2, 0.25) is 0 Å². The summed E-state index contributed by atoms with van der Waals surface area (Å²) in [4.78, 5) is 2.45. The first-order valence-electron chi connectivity index (χ1n) is 16.6. The monoisotopic (exact) mass is 615 g/mol. The molecule has 3 aliphatic carbocycles. The van der Waals surface area contributed by atoms with Gasteiger partial charge < -0.3 is 4.90 Å². The molecule has 0 aromatic heterocycles. The Labute approximate surface area is 283 Å². The van der Waals surface area contributed by atoms with Crippen molar-refractivity contribution < 1.29 is 0 Å². The molecule has 0 unspecified atom stereocenters. The number of hydrogen-bond acceptors (Lipinski definition) is 1. The molecule has 10 rings (SSSR count). The lowest BCUT2D eigenvalue weighted by atomic mass is 9.70. The zero-order valence-corrected chi connectivity index (χ0v) is 26.5. The number of anilines is 3. The summed E-state index contributed by atoms with van der Waals surface area (Å²) in [5, 5.41) is 0. The van der Waals surface area contributed by atoms with Gasteiger partial charge in [0.1, 0.15) is 0 Å². The molecule has 3 aliphatic rings. The van der Waals surface area contributed by atoms with Crippen molar-refractivity contribution in [2.45, 2.75) is 32.1 Å². The molecule has 0 bridgehead atoms. The molecule has 7 aromatic rings. The molecule has 0 heterocycles. The Kier molecular flexibility index (Phi) is 6.05. The van der Waals surface area contributed by atoms with Gasteiger partial charge in [0.05, 0.1) is 5.41 Å². The van der Waals surface area contributed by atoms with E-state index >= 15 is 0 Å². The minimum Gasteiger partial charge on any atom is -0.310 e. The molecule has 0 atom stereocenters. The van der Waals surface area contributed by atoms with Crippen molar-refractivity contribution >= 4 is 17.1 Å². The van der Waals surface area contributed by atoms with Crippen LogP contribution in [0.5, 0.6) is 0 Å². The molecular formula is C47H37N. The van der Waals surface area contributed by atoms with Gasteiger partial charge in [-0.25, -0.2) is 0 Å². The van der Waals surface area contributed by atoms with Crippen LogP contribution in [0.25, 0.3) is 33.4 Å². The van der Waals surface area contributed by atoms with Gasteiger partial charge in [0.15, 0.2) is 0 Å². The second-order valence-electron chi connectivity index (χ2n) is 13.7. The Balaban J connectivity index is 0.00000314. The Morgan fingerprint density at radius 2 is 0.708 bits per heavy atom. The molecule has 230 valence electrons. The third-order valence-electron chi connectivity index (χ3n) is 11.1. The molecule has 0 aliphatic heterocycles. The second-order valence-corrected chi connectivity index (χ2v) is 13.7. The highest BCUT2D eigenvalue weighted by atomic mass is 15.1. The zero-order chi connectivity index (χ0) is 31.3. The number of para-hydroxylation sites is 1. The summed E-state index contributed by atoms with van der Waals surface area (Å²) in [5.41, 5.74) is 19.2. The van der Waals surface area contributed by atoms with Gasteiger partial charge in [0.2, 0.25) is 0 Å². The summed E-state index contributed by atoms with van der Waals surface area (Å²) in [5.74, 6) is 0. The van der Waals surface area contributed by atoms with Crippen LogP contribution >= 0.6 is 0 Å². The van der Waals surface area contributed by atoms with Crippen LogP contribution in [0.15, 0.2) is 164 Å². The normalized spacial score (nSPS) is 14.6. The SMILES string of the molecule is C.CC1(C)c2ccccc2-c2ccc(N(c3ccccc3)c3ccc4c(c3)C3(c5ccccc5-c5ccccc53)c3ccccc3-4)cc21. The molecule has 0 fully saturated rings. The van der Waals surface area contributed by atoms with E-state index in [4.69, 9.17) is 0 Å². The average Bonchev–Trinajstić information content (AvgIpc) is 3.68. The molecule has 7 aromatic carbocycles. The lowest BCUT2D eigenvalue weighted by Crippen LogP contribution is -2.26. The minimum atomic E-state index is -0.376. The van der Waals surface area contributed by atoms with Crippen LogP contribution in [0.1, 0.15) is 54.7 Å². The number of benzene rings is 7. The number of rotatable bonds is 3. The van der Waals surface area contributed by atoms with Crippen LogP contribution in [0.3, 0.4) is 0 Å². The van der Waals surface area contributed by atoms with Gasteiger partial charge in [-0.05, 0) is 103 Å². The number of nitrogens with zero attached hydrogens (tertiary/aromatic N) is 1. The molecule has 0 radical (unpaired) electrons. The molecule has 48 heavy (non-hydrogen) atoms. The lowest BCUT2D eigenvalue weighted by molar-refractivity contribution is 0.660. The highest BCUT2D eigenvalue weighted by molar-refractivity contribution is 5.96. The predicted octanol–water partition coefficient (Wildman–Crippen LogP) is 12.4. The fourth-order valence-electron chi connectivity index (χ4n) is 9.08. The van der Waals surface area contributed by atoms with Crippen molar-refractivity contribution in [3.8, 4) is 33.4 Å². The molecule has 1 spiro atoms. The Morgan fingerprint density at radius 1 is 0.333 bits per heavy atom. The van der Waals surface area contributed by atoms with Gasteiger partial charge in [0.25, 0.3) is 0 Å². The highest BCUT2D eigenvalue weighted by Gasteiger charge is 2.51. The van der Waals surface area contributed by atoms with Gasteiger partial charge in [-0.15, -0.1) is 0 Å². The Hall–Kier alpha value is -5.66. The summed E-state index contributed by atoms with van der Waals surface area (Å²) in [6.45, 7) is 4.72. The van der Waals surface area contributed by atoms with E-state index < -0.39 is 0 Å². The highest BCUT2D eigenvalue weighted by Crippen LogP contribution is 2.63. The van der Waals surface area contributed by atoms with E-state index in [1.807, 2.05) is 0 Å². The van der Waals surface area contributed by atoms with E-state index in [1.54, 1.807) is 0 Å². The lowest BCUT2D eigenvalue weighted by Gasteiger charge is -2.32. The molecule has 0 saturated heterocycles. The van der Waals surface area contributed by atoms with E-state index in [9.17, 15) is 0 Å². The average molecular weight is 616 g/mol. The first-order chi connectivity index (χ1) is 23.1. The maximum absolute atomic E-state index is 2.48. The van der Waals surface area contributed by atoms with Crippen LogP contribution in [0.4, 0.5) is 17.1 Å². The molecule has 1 heteroatoms. The molecule has 0 saturated carbocycles. The summed E-state index contributed by atoms with van der Waals surface area (Å²) in [7, 11) is 0. The molecule has 1 nitrogen and oxygen atoms in total. The summed E-state index contributed by atoms with van der Waals surface area (Å²) in [6.07, 6.45) is 0. The molecule has 0 N–H and O–H groups in total. The van der Waals surface area contributed by atoms with E-state index in [0.29, 0.717) is 0 Å². The van der Waals surface area contributed by atoms with E-state index in [-0.39, 0.29) is 18.3 Å². The van der Waals surface area contributed by atoms with Gasteiger partial charge >= 0.3 is 0 Å². The third kappa shape index (κ3) is 3.56. The van der Waals surface area contributed by atoms with Crippen molar-refractivity contribution in [2.75, 3.05) is 4.90 Å². The van der Waals surface area contributed by atoms with Crippen LogP contribution in [0, 0.1) is 0 Å². The topological polar surface area (TPSA) is 3.24 Å². The third-order valence-corrected chi connectivity index (χ3v) is 11.1. The summed E-state index contributed by atoms with van der Waals surface area (Å²) < 4.78 is 0. The van der Waals surface area contributed by atoms with E-state index in [2.05, 4.69) is 183 Å². The maximum Gasteiger partial charge on any atom is 0.0726 e. The van der Waals surface area contributed by atoms with Crippen molar-refractivity contribution in [1.82, 2.24) is 0 Å². The first kappa shape index (κ1) is 28.6.